The zero-order chi connectivity index (χ0) is 28.1. The molecule has 4 rings (SSSR count). The zero-order valence-corrected chi connectivity index (χ0v) is 22.9. The van der Waals surface area contributed by atoms with Gasteiger partial charge in [-0.15, -0.1) is 0 Å². The van der Waals surface area contributed by atoms with Crippen LogP contribution >= 0.6 is 11.6 Å². The lowest BCUT2D eigenvalue weighted by Gasteiger charge is -2.35. The summed E-state index contributed by atoms with van der Waals surface area (Å²) in [5.41, 5.74) is 15.4. The molecule has 8 nitrogen and oxygen atoms in total. The van der Waals surface area contributed by atoms with Crippen LogP contribution in [0.1, 0.15) is 28.8 Å². The lowest BCUT2D eigenvalue weighted by molar-refractivity contribution is -0.116. The molecule has 1 aliphatic rings. The SMILES string of the molecule is Cc1c(F)c(N)cc(C(=O)Nc2cc(-c3ccc(NC(=O)CCCN)cc3)ccc2N2CCN(C)CC2)c1Cl. The smallest absolute Gasteiger partial charge is 0.257 e. The van der Waals surface area contributed by atoms with Gasteiger partial charge in [0.05, 0.1) is 27.6 Å². The molecule has 1 saturated heterocycles. The normalized spacial score (nSPS) is 13.8. The van der Waals surface area contributed by atoms with Gasteiger partial charge in [-0.3, -0.25) is 9.59 Å². The Labute approximate surface area is 233 Å². The Bertz CT molecular complexity index is 1360. The van der Waals surface area contributed by atoms with E-state index in [2.05, 4.69) is 27.5 Å². The number of nitrogen functional groups attached to an aromatic ring is 1. The number of nitrogens with one attached hydrogen (secondary N) is 2. The standard InChI is InChI=1S/C29H34ClFN6O2/c1-18-27(30)22(17-23(33)28(18)31)29(39)35-24-16-20(7-10-25(24)37-14-12-36(2)13-15-37)19-5-8-21(9-6-19)34-26(38)4-3-11-32/h5-10,16-17H,3-4,11-15,32-33H2,1-2H3,(H,34,38)(H,35,39). The lowest BCUT2D eigenvalue weighted by atomic mass is 10.0. The van der Waals surface area contributed by atoms with Crippen molar-refractivity contribution in [2.24, 2.45) is 5.73 Å². The van der Waals surface area contributed by atoms with E-state index in [1.165, 1.54) is 13.0 Å². The fourth-order valence-electron chi connectivity index (χ4n) is 4.52. The summed E-state index contributed by atoms with van der Waals surface area (Å²) in [6.45, 7) is 5.36. The number of carbonyl (C=O) groups excluding carboxylic acids is 2. The average Bonchev–Trinajstić information content (AvgIpc) is 2.93. The number of piperazine rings is 1. The highest BCUT2D eigenvalue weighted by Gasteiger charge is 2.22. The Hall–Kier alpha value is -3.66. The minimum absolute atomic E-state index is 0.0283. The molecular weight excluding hydrogens is 519 g/mol. The van der Waals surface area contributed by atoms with Gasteiger partial charge in [-0.2, -0.15) is 0 Å². The summed E-state index contributed by atoms with van der Waals surface area (Å²) in [6, 6.07) is 14.7. The van der Waals surface area contributed by atoms with Crippen molar-refractivity contribution < 1.29 is 14.0 Å². The van der Waals surface area contributed by atoms with Crippen molar-refractivity contribution >= 4 is 46.2 Å². The van der Waals surface area contributed by atoms with Gasteiger partial charge in [0.15, 0.2) is 5.82 Å². The Morgan fingerprint density at radius 2 is 1.67 bits per heavy atom. The van der Waals surface area contributed by atoms with Crippen LogP contribution in [0.2, 0.25) is 5.02 Å². The maximum absolute atomic E-state index is 14.2. The molecule has 1 fully saturated rings. The van der Waals surface area contributed by atoms with E-state index >= 15 is 0 Å². The third kappa shape index (κ3) is 6.68. The molecule has 3 aromatic rings. The van der Waals surface area contributed by atoms with Crippen LogP contribution in [0.25, 0.3) is 11.1 Å². The van der Waals surface area contributed by atoms with E-state index in [-0.39, 0.29) is 27.7 Å². The van der Waals surface area contributed by atoms with Crippen molar-refractivity contribution in [3.05, 3.63) is 70.5 Å². The van der Waals surface area contributed by atoms with Crippen LogP contribution in [0.4, 0.5) is 27.1 Å². The molecule has 0 spiro atoms. The quantitative estimate of drug-likeness (QED) is 0.300. The Kier molecular flexibility index (Phi) is 9.06. The van der Waals surface area contributed by atoms with Crippen LogP contribution in [0.3, 0.4) is 0 Å². The Morgan fingerprint density at radius 3 is 2.33 bits per heavy atom. The van der Waals surface area contributed by atoms with Crippen LogP contribution in [-0.4, -0.2) is 56.5 Å². The molecular formula is C29H34ClFN6O2. The van der Waals surface area contributed by atoms with Crippen molar-refractivity contribution in [1.82, 2.24) is 4.90 Å². The van der Waals surface area contributed by atoms with Crippen molar-refractivity contribution in [2.45, 2.75) is 19.8 Å². The first kappa shape index (κ1) is 28.4. The summed E-state index contributed by atoms with van der Waals surface area (Å²) in [6.07, 6.45) is 1.01. The molecule has 6 N–H and O–H groups in total. The Balaban J connectivity index is 1.64. The second kappa shape index (κ2) is 12.5. The molecule has 10 heteroatoms. The number of halogens is 2. The topological polar surface area (TPSA) is 117 Å². The second-order valence-corrected chi connectivity index (χ2v) is 10.1. The van der Waals surface area contributed by atoms with Crippen LogP contribution in [0.15, 0.2) is 48.5 Å². The van der Waals surface area contributed by atoms with Crippen LogP contribution in [0, 0.1) is 12.7 Å². The summed E-state index contributed by atoms with van der Waals surface area (Å²) in [5.74, 6) is -1.18. The number of anilines is 4. The molecule has 2 amide bonds. The monoisotopic (exact) mass is 552 g/mol. The number of amides is 2. The number of nitrogens with two attached hydrogens (primary N) is 2. The van der Waals surface area contributed by atoms with E-state index in [9.17, 15) is 14.0 Å². The number of hydrogen-bond acceptors (Lipinski definition) is 6. The van der Waals surface area contributed by atoms with Gasteiger partial charge in [-0.1, -0.05) is 29.8 Å². The third-order valence-electron chi connectivity index (χ3n) is 6.89. The number of benzene rings is 3. The third-order valence-corrected chi connectivity index (χ3v) is 7.38. The average molecular weight is 553 g/mol. The van der Waals surface area contributed by atoms with Gasteiger partial charge in [-0.05, 0) is 68.4 Å². The van der Waals surface area contributed by atoms with Gasteiger partial charge in [0.1, 0.15) is 0 Å². The fourth-order valence-corrected chi connectivity index (χ4v) is 4.75. The second-order valence-electron chi connectivity index (χ2n) is 9.76. The van der Waals surface area contributed by atoms with Gasteiger partial charge in [-0.25, -0.2) is 4.39 Å². The van der Waals surface area contributed by atoms with E-state index in [0.29, 0.717) is 30.8 Å². The molecule has 0 unspecified atom stereocenters. The van der Waals surface area contributed by atoms with Crippen LogP contribution < -0.4 is 27.0 Å². The van der Waals surface area contributed by atoms with E-state index in [0.717, 1.165) is 43.0 Å². The highest BCUT2D eigenvalue weighted by atomic mass is 35.5. The van der Waals surface area contributed by atoms with Gasteiger partial charge >= 0.3 is 0 Å². The first-order valence-electron chi connectivity index (χ1n) is 12.9. The minimum Gasteiger partial charge on any atom is -0.396 e. The van der Waals surface area contributed by atoms with Gasteiger partial charge < -0.3 is 31.9 Å². The first-order chi connectivity index (χ1) is 18.7. The highest BCUT2D eigenvalue weighted by Crippen LogP contribution is 2.34. The molecule has 0 aliphatic carbocycles. The van der Waals surface area contributed by atoms with E-state index < -0.39 is 11.7 Å². The van der Waals surface area contributed by atoms with Crippen molar-refractivity contribution in [3.8, 4) is 11.1 Å². The van der Waals surface area contributed by atoms with Gasteiger partial charge in [0.2, 0.25) is 5.91 Å². The lowest BCUT2D eigenvalue weighted by Crippen LogP contribution is -2.44. The minimum atomic E-state index is -0.629. The summed E-state index contributed by atoms with van der Waals surface area (Å²) in [7, 11) is 2.08. The molecule has 0 bridgehead atoms. The fraction of sp³-hybridized carbons (Fsp3) is 0.310. The summed E-state index contributed by atoms with van der Waals surface area (Å²) in [4.78, 5) is 29.9. The molecule has 206 valence electrons. The zero-order valence-electron chi connectivity index (χ0n) is 22.2. The highest BCUT2D eigenvalue weighted by molar-refractivity contribution is 6.35. The summed E-state index contributed by atoms with van der Waals surface area (Å²) in [5, 5.41) is 5.90. The number of carbonyl (C=O) groups is 2. The van der Waals surface area contributed by atoms with Gasteiger partial charge in [0, 0.05) is 43.9 Å². The van der Waals surface area contributed by atoms with Crippen molar-refractivity contribution in [2.75, 3.05) is 61.0 Å². The van der Waals surface area contributed by atoms with Crippen molar-refractivity contribution in [3.63, 3.8) is 0 Å². The van der Waals surface area contributed by atoms with Crippen LogP contribution in [-0.2, 0) is 4.79 Å². The van der Waals surface area contributed by atoms with Crippen molar-refractivity contribution in [1.29, 1.82) is 0 Å². The molecule has 0 saturated carbocycles. The number of nitrogens with zero attached hydrogens (tertiary/aromatic N) is 2. The van der Waals surface area contributed by atoms with E-state index in [1.54, 1.807) is 0 Å². The van der Waals surface area contributed by atoms with Gasteiger partial charge in [0.25, 0.3) is 5.91 Å². The molecule has 3 aromatic carbocycles. The molecule has 0 aromatic heterocycles. The Morgan fingerprint density at radius 1 is 1.00 bits per heavy atom. The molecule has 39 heavy (non-hydrogen) atoms. The van der Waals surface area contributed by atoms with E-state index in [4.69, 9.17) is 23.1 Å². The predicted molar refractivity (Wildman–Crippen MR) is 157 cm³/mol. The predicted octanol–water partition coefficient (Wildman–Crippen LogP) is 4.72. The first-order valence-corrected chi connectivity index (χ1v) is 13.3. The number of hydrogen-bond donors (Lipinski definition) is 4. The number of likely N-dealkylation sites (N-methyl/N-ethyl adjacent to an activating group) is 1. The number of rotatable bonds is 8. The maximum Gasteiger partial charge on any atom is 0.257 e. The largest absolute Gasteiger partial charge is 0.396 e. The summed E-state index contributed by atoms with van der Waals surface area (Å²) < 4.78 is 14.2. The molecule has 0 atom stereocenters. The van der Waals surface area contributed by atoms with Crippen LogP contribution in [0.5, 0.6) is 0 Å². The maximum atomic E-state index is 14.2. The van der Waals surface area contributed by atoms with E-state index in [1.807, 2.05) is 42.5 Å². The summed E-state index contributed by atoms with van der Waals surface area (Å²) >= 11 is 6.33. The molecule has 1 heterocycles. The molecule has 0 radical (unpaired) electrons. The molecule has 1 aliphatic heterocycles.